The van der Waals surface area contributed by atoms with Crippen molar-refractivity contribution in [1.82, 2.24) is 0 Å². The van der Waals surface area contributed by atoms with Gasteiger partial charge in [0.25, 0.3) is 0 Å². The zero-order valence-electron chi connectivity index (χ0n) is 8.82. The average molecular weight is 206 g/mol. The summed E-state index contributed by atoms with van der Waals surface area (Å²) < 4.78 is 0. The highest BCUT2D eigenvalue weighted by atomic mass is 16.5. The number of hydrogen-bond acceptors (Lipinski definition) is 4. The Hall–Kier alpha value is -0.160. The normalized spacial score (nSPS) is 12.4. The molecular formula is C10H22O4. The standard InChI is InChI=1S/C10H22O4/c1-2-7-10(13,14)8-5-3-4-6-9(11)12/h9,11-14H,2-8H2,1H3. The Morgan fingerprint density at radius 1 is 1.00 bits per heavy atom. The van der Waals surface area contributed by atoms with Crippen molar-refractivity contribution in [3.05, 3.63) is 0 Å². The van der Waals surface area contributed by atoms with Crippen LogP contribution in [0.4, 0.5) is 0 Å². The lowest BCUT2D eigenvalue weighted by atomic mass is 10.0. The van der Waals surface area contributed by atoms with Gasteiger partial charge in [-0.3, -0.25) is 0 Å². The molecule has 0 saturated heterocycles. The van der Waals surface area contributed by atoms with Crippen LogP contribution in [-0.2, 0) is 0 Å². The van der Waals surface area contributed by atoms with Gasteiger partial charge in [0.1, 0.15) is 0 Å². The fourth-order valence-corrected chi connectivity index (χ4v) is 1.44. The summed E-state index contributed by atoms with van der Waals surface area (Å²) >= 11 is 0. The van der Waals surface area contributed by atoms with Gasteiger partial charge in [0.2, 0.25) is 0 Å². The number of aliphatic hydroxyl groups excluding tert-OH is 1. The Bertz CT molecular complexity index is 134. The van der Waals surface area contributed by atoms with Crippen LogP contribution in [0.3, 0.4) is 0 Å². The Morgan fingerprint density at radius 3 is 2.14 bits per heavy atom. The summed E-state index contributed by atoms with van der Waals surface area (Å²) in [5.41, 5.74) is 0. The quantitative estimate of drug-likeness (QED) is 0.348. The summed E-state index contributed by atoms with van der Waals surface area (Å²) in [6, 6.07) is 0. The molecule has 0 aliphatic rings. The van der Waals surface area contributed by atoms with E-state index in [1.807, 2.05) is 6.92 Å². The van der Waals surface area contributed by atoms with Crippen LogP contribution in [0.15, 0.2) is 0 Å². The van der Waals surface area contributed by atoms with E-state index in [1.54, 1.807) is 0 Å². The van der Waals surface area contributed by atoms with Crippen LogP contribution in [0, 0.1) is 0 Å². The summed E-state index contributed by atoms with van der Waals surface area (Å²) in [7, 11) is 0. The zero-order valence-corrected chi connectivity index (χ0v) is 8.82. The van der Waals surface area contributed by atoms with Crippen LogP contribution in [0.1, 0.15) is 51.9 Å². The summed E-state index contributed by atoms with van der Waals surface area (Å²) in [6.45, 7) is 1.91. The van der Waals surface area contributed by atoms with E-state index in [0.29, 0.717) is 32.1 Å². The lowest BCUT2D eigenvalue weighted by Gasteiger charge is -2.20. The SMILES string of the molecule is CCCC(O)(O)CCCCCC(O)O. The molecule has 0 saturated carbocycles. The van der Waals surface area contributed by atoms with E-state index in [4.69, 9.17) is 10.2 Å². The Labute approximate surface area is 85.2 Å². The third-order valence-electron chi connectivity index (χ3n) is 2.19. The van der Waals surface area contributed by atoms with Crippen LogP contribution in [0.5, 0.6) is 0 Å². The molecule has 0 rings (SSSR count). The molecule has 4 N–H and O–H groups in total. The first-order valence-corrected chi connectivity index (χ1v) is 5.29. The molecule has 0 aromatic rings. The van der Waals surface area contributed by atoms with Gasteiger partial charge in [-0.1, -0.05) is 19.8 Å². The molecule has 0 spiro atoms. The summed E-state index contributed by atoms with van der Waals surface area (Å²) in [6.07, 6.45) is 2.85. The van der Waals surface area contributed by atoms with Crippen molar-refractivity contribution in [3.8, 4) is 0 Å². The monoisotopic (exact) mass is 206 g/mol. The van der Waals surface area contributed by atoms with Crippen LogP contribution < -0.4 is 0 Å². The van der Waals surface area contributed by atoms with E-state index in [1.165, 1.54) is 0 Å². The topological polar surface area (TPSA) is 80.9 Å². The van der Waals surface area contributed by atoms with E-state index in [2.05, 4.69) is 0 Å². The van der Waals surface area contributed by atoms with Crippen molar-refractivity contribution in [2.45, 2.75) is 63.9 Å². The second kappa shape index (κ2) is 7.17. The first-order chi connectivity index (χ1) is 6.48. The highest BCUT2D eigenvalue weighted by Gasteiger charge is 2.20. The van der Waals surface area contributed by atoms with E-state index in [0.717, 1.165) is 12.8 Å². The highest BCUT2D eigenvalue weighted by molar-refractivity contribution is 4.63. The first kappa shape index (κ1) is 13.8. The van der Waals surface area contributed by atoms with Crippen molar-refractivity contribution in [1.29, 1.82) is 0 Å². The second-order valence-corrected chi connectivity index (χ2v) is 3.81. The van der Waals surface area contributed by atoms with Gasteiger partial charge in [0, 0.05) is 12.8 Å². The molecule has 0 aliphatic carbocycles. The fourth-order valence-electron chi connectivity index (χ4n) is 1.44. The smallest absolute Gasteiger partial charge is 0.162 e. The Balaban J connectivity index is 3.34. The van der Waals surface area contributed by atoms with Gasteiger partial charge in [-0.05, 0) is 19.3 Å². The third kappa shape index (κ3) is 8.44. The molecule has 4 heteroatoms. The molecule has 0 unspecified atom stereocenters. The van der Waals surface area contributed by atoms with Crippen LogP contribution in [0.25, 0.3) is 0 Å². The molecule has 4 nitrogen and oxygen atoms in total. The van der Waals surface area contributed by atoms with Crippen molar-refractivity contribution in [3.63, 3.8) is 0 Å². The maximum atomic E-state index is 9.38. The van der Waals surface area contributed by atoms with Crippen LogP contribution in [0.2, 0.25) is 0 Å². The van der Waals surface area contributed by atoms with Crippen LogP contribution in [-0.4, -0.2) is 32.5 Å². The van der Waals surface area contributed by atoms with Crippen molar-refractivity contribution in [2.75, 3.05) is 0 Å². The molecule has 0 aliphatic heterocycles. The van der Waals surface area contributed by atoms with Gasteiger partial charge in [0.05, 0.1) is 0 Å². The molecule has 0 atom stereocenters. The second-order valence-electron chi connectivity index (χ2n) is 3.81. The largest absolute Gasteiger partial charge is 0.368 e. The molecule has 0 heterocycles. The van der Waals surface area contributed by atoms with Crippen LogP contribution >= 0.6 is 0 Å². The number of rotatable bonds is 8. The van der Waals surface area contributed by atoms with Gasteiger partial charge >= 0.3 is 0 Å². The average Bonchev–Trinajstić information content (AvgIpc) is 2.02. The summed E-state index contributed by atoms with van der Waals surface area (Å²) in [5, 5.41) is 35.9. The van der Waals surface area contributed by atoms with Crippen molar-refractivity contribution < 1.29 is 20.4 Å². The van der Waals surface area contributed by atoms with E-state index in [9.17, 15) is 10.2 Å². The molecule has 0 amide bonds. The molecular weight excluding hydrogens is 184 g/mol. The third-order valence-corrected chi connectivity index (χ3v) is 2.19. The molecule has 0 bridgehead atoms. The highest BCUT2D eigenvalue weighted by Crippen LogP contribution is 2.17. The predicted octanol–water partition coefficient (Wildman–Crippen LogP) is 0.729. The Kier molecular flexibility index (Phi) is 7.09. The number of aliphatic hydroxyl groups is 4. The Morgan fingerprint density at radius 2 is 1.64 bits per heavy atom. The van der Waals surface area contributed by atoms with Crippen molar-refractivity contribution >= 4 is 0 Å². The lowest BCUT2D eigenvalue weighted by Crippen LogP contribution is -2.27. The maximum absolute atomic E-state index is 9.38. The van der Waals surface area contributed by atoms with Gasteiger partial charge in [0.15, 0.2) is 12.1 Å². The van der Waals surface area contributed by atoms with Crippen molar-refractivity contribution in [2.24, 2.45) is 0 Å². The zero-order chi connectivity index (χ0) is 11.0. The van der Waals surface area contributed by atoms with E-state index < -0.39 is 12.1 Å². The number of unbranched alkanes of at least 4 members (excludes halogenated alkanes) is 2. The fraction of sp³-hybridized carbons (Fsp3) is 1.00. The van der Waals surface area contributed by atoms with Gasteiger partial charge in [-0.2, -0.15) is 0 Å². The maximum Gasteiger partial charge on any atom is 0.162 e. The van der Waals surface area contributed by atoms with E-state index >= 15 is 0 Å². The first-order valence-electron chi connectivity index (χ1n) is 5.29. The molecule has 0 aromatic carbocycles. The van der Waals surface area contributed by atoms with Gasteiger partial charge < -0.3 is 20.4 Å². The van der Waals surface area contributed by atoms with Gasteiger partial charge in [-0.25, -0.2) is 0 Å². The number of hydrogen-bond donors (Lipinski definition) is 4. The summed E-state index contributed by atoms with van der Waals surface area (Å²) in [5.74, 6) is -1.54. The van der Waals surface area contributed by atoms with Gasteiger partial charge in [-0.15, -0.1) is 0 Å². The molecule has 0 aromatic heterocycles. The predicted molar refractivity (Wildman–Crippen MR) is 53.4 cm³/mol. The lowest BCUT2D eigenvalue weighted by molar-refractivity contribution is -0.171. The molecule has 0 radical (unpaired) electrons. The minimum Gasteiger partial charge on any atom is -0.368 e. The minimum absolute atomic E-state index is 0.359. The summed E-state index contributed by atoms with van der Waals surface area (Å²) in [4.78, 5) is 0. The molecule has 14 heavy (non-hydrogen) atoms. The van der Waals surface area contributed by atoms with E-state index in [-0.39, 0.29) is 0 Å². The molecule has 0 fully saturated rings. The molecule has 86 valence electrons. The minimum atomic E-state index is -1.54.